The molecule has 1 heterocycles. The first-order valence-corrected chi connectivity index (χ1v) is 8.25. The molecule has 2 rings (SSSR count). The topological polar surface area (TPSA) is 26.7 Å². The summed E-state index contributed by atoms with van der Waals surface area (Å²) in [5.74, 6) is 0.884. The molecule has 0 amide bonds. The summed E-state index contributed by atoms with van der Waals surface area (Å²) in [4.78, 5) is 4.69. The summed E-state index contributed by atoms with van der Waals surface area (Å²) in [6.45, 7) is 4.24. The van der Waals surface area contributed by atoms with Gasteiger partial charge in [0.1, 0.15) is 0 Å². The minimum Gasteiger partial charge on any atom is -0.387 e. The van der Waals surface area contributed by atoms with Gasteiger partial charge in [-0.25, -0.2) is 0 Å². The molecule has 1 fully saturated rings. The van der Waals surface area contributed by atoms with Crippen LogP contribution in [0.3, 0.4) is 0 Å². The van der Waals surface area contributed by atoms with Crippen molar-refractivity contribution in [3.05, 3.63) is 35.9 Å². The summed E-state index contributed by atoms with van der Waals surface area (Å²) in [6.07, 6.45) is 4.89. The molecule has 3 heteroatoms. The van der Waals surface area contributed by atoms with E-state index in [1.165, 1.54) is 32.2 Å². The molecule has 1 atom stereocenters. The Labute approximate surface area is 129 Å². The fourth-order valence-corrected chi connectivity index (χ4v) is 3.18. The molecule has 0 saturated carbocycles. The summed E-state index contributed by atoms with van der Waals surface area (Å²) >= 11 is 0. The van der Waals surface area contributed by atoms with Gasteiger partial charge in [-0.3, -0.25) is 0 Å². The quantitative estimate of drug-likeness (QED) is 0.836. The van der Waals surface area contributed by atoms with Crippen LogP contribution in [-0.4, -0.2) is 55.2 Å². The number of aliphatic hydroxyl groups is 1. The maximum Gasteiger partial charge on any atom is 0.0916 e. The lowest BCUT2D eigenvalue weighted by atomic mass is 9.92. The van der Waals surface area contributed by atoms with Crippen LogP contribution in [0, 0.1) is 5.92 Å². The maximum absolute atomic E-state index is 10.3. The summed E-state index contributed by atoms with van der Waals surface area (Å²) in [7, 11) is 4.29. The van der Waals surface area contributed by atoms with Gasteiger partial charge in [-0.1, -0.05) is 30.3 Å². The summed E-state index contributed by atoms with van der Waals surface area (Å²) in [5.41, 5.74) is 1.03. The predicted molar refractivity (Wildman–Crippen MR) is 88.4 cm³/mol. The molecule has 1 aliphatic heterocycles. The van der Waals surface area contributed by atoms with Gasteiger partial charge in [-0.05, 0) is 70.9 Å². The van der Waals surface area contributed by atoms with Crippen LogP contribution in [0.5, 0.6) is 0 Å². The first-order valence-electron chi connectivity index (χ1n) is 8.25. The van der Waals surface area contributed by atoms with Gasteiger partial charge in [-0.2, -0.15) is 0 Å². The first-order chi connectivity index (χ1) is 10.1. The Morgan fingerprint density at radius 2 is 1.86 bits per heavy atom. The van der Waals surface area contributed by atoms with Crippen LogP contribution in [0.1, 0.15) is 37.4 Å². The number of piperidine rings is 1. The highest BCUT2D eigenvalue weighted by Crippen LogP contribution is 2.23. The monoisotopic (exact) mass is 290 g/mol. The number of hydrogen-bond acceptors (Lipinski definition) is 3. The number of likely N-dealkylation sites (tertiary alicyclic amines) is 1. The average molecular weight is 290 g/mol. The zero-order valence-corrected chi connectivity index (χ0v) is 13.5. The lowest BCUT2D eigenvalue weighted by Gasteiger charge is -2.33. The van der Waals surface area contributed by atoms with E-state index >= 15 is 0 Å². The van der Waals surface area contributed by atoms with E-state index in [1.807, 2.05) is 30.3 Å². The second-order valence-corrected chi connectivity index (χ2v) is 6.62. The third-order valence-electron chi connectivity index (χ3n) is 4.54. The van der Waals surface area contributed by atoms with Gasteiger partial charge in [0.05, 0.1) is 6.10 Å². The molecule has 1 aliphatic rings. The maximum atomic E-state index is 10.3. The number of aliphatic hydroxyl groups excluding tert-OH is 1. The van der Waals surface area contributed by atoms with Crippen molar-refractivity contribution in [2.24, 2.45) is 5.92 Å². The third kappa shape index (κ3) is 5.77. The molecule has 1 aromatic carbocycles. The Bertz CT molecular complexity index is 385. The van der Waals surface area contributed by atoms with Crippen molar-refractivity contribution in [3.8, 4) is 0 Å². The van der Waals surface area contributed by atoms with Crippen molar-refractivity contribution < 1.29 is 5.11 Å². The summed E-state index contributed by atoms with van der Waals surface area (Å²) in [6, 6.07) is 10.0. The smallest absolute Gasteiger partial charge is 0.0916 e. The standard InChI is InChI=1S/C18H30N2O/c1-19(2)12-6-7-16-10-13-20(14-11-16)15-18(21)17-8-4-3-5-9-17/h3-5,8-9,16,18,21H,6-7,10-15H2,1-2H3. The molecule has 0 aromatic heterocycles. The van der Waals surface area contributed by atoms with E-state index in [0.717, 1.165) is 31.1 Å². The largest absolute Gasteiger partial charge is 0.387 e. The minimum absolute atomic E-state index is 0.350. The van der Waals surface area contributed by atoms with Crippen molar-refractivity contribution in [1.82, 2.24) is 9.80 Å². The molecule has 118 valence electrons. The van der Waals surface area contributed by atoms with Crippen LogP contribution in [0.25, 0.3) is 0 Å². The number of hydrogen-bond donors (Lipinski definition) is 1. The second kappa shape index (κ2) is 8.52. The van der Waals surface area contributed by atoms with E-state index in [1.54, 1.807) is 0 Å². The Morgan fingerprint density at radius 3 is 2.48 bits per heavy atom. The molecule has 0 bridgehead atoms. The lowest BCUT2D eigenvalue weighted by Crippen LogP contribution is -2.36. The van der Waals surface area contributed by atoms with E-state index in [4.69, 9.17) is 0 Å². The third-order valence-corrected chi connectivity index (χ3v) is 4.54. The zero-order chi connectivity index (χ0) is 15.1. The predicted octanol–water partition coefficient (Wildman–Crippen LogP) is 2.77. The fraction of sp³-hybridized carbons (Fsp3) is 0.667. The van der Waals surface area contributed by atoms with Crippen LogP contribution >= 0.6 is 0 Å². The number of rotatable bonds is 7. The van der Waals surface area contributed by atoms with Crippen LogP contribution in [0.2, 0.25) is 0 Å². The van der Waals surface area contributed by atoms with Crippen molar-refractivity contribution in [1.29, 1.82) is 0 Å². The Morgan fingerprint density at radius 1 is 1.19 bits per heavy atom. The van der Waals surface area contributed by atoms with Crippen LogP contribution < -0.4 is 0 Å². The number of β-amino-alcohol motifs (C(OH)–C–C–N with tert-alkyl or cyclic N) is 1. The number of benzene rings is 1. The normalized spacial score (nSPS) is 19.0. The van der Waals surface area contributed by atoms with E-state index in [-0.39, 0.29) is 6.10 Å². The van der Waals surface area contributed by atoms with E-state index in [0.29, 0.717) is 0 Å². The average Bonchev–Trinajstić information content (AvgIpc) is 2.49. The SMILES string of the molecule is CN(C)CCCC1CCN(CC(O)c2ccccc2)CC1. The molecule has 1 N–H and O–H groups in total. The summed E-state index contributed by atoms with van der Waals surface area (Å²) in [5, 5.41) is 10.3. The van der Waals surface area contributed by atoms with Gasteiger partial charge in [0.2, 0.25) is 0 Å². The zero-order valence-electron chi connectivity index (χ0n) is 13.5. The highest BCUT2D eigenvalue weighted by Gasteiger charge is 2.21. The molecule has 0 spiro atoms. The van der Waals surface area contributed by atoms with E-state index in [9.17, 15) is 5.11 Å². The van der Waals surface area contributed by atoms with Gasteiger partial charge in [0, 0.05) is 6.54 Å². The van der Waals surface area contributed by atoms with Gasteiger partial charge in [0.25, 0.3) is 0 Å². The molecule has 1 aromatic rings. The second-order valence-electron chi connectivity index (χ2n) is 6.62. The molecule has 0 radical (unpaired) electrons. The summed E-state index contributed by atoms with van der Waals surface area (Å²) < 4.78 is 0. The highest BCUT2D eigenvalue weighted by atomic mass is 16.3. The Hall–Kier alpha value is -0.900. The molecule has 21 heavy (non-hydrogen) atoms. The van der Waals surface area contributed by atoms with Crippen molar-refractivity contribution in [2.45, 2.75) is 31.8 Å². The molecule has 3 nitrogen and oxygen atoms in total. The van der Waals surface area contributed by atoms with Gasteiger partial charge in [-0.15, -0.1) is 0 Å². The van der Waals surface area contributed by atoms with Crippen LogP contribution in [0.15, 0.2) is 30.3 Å². The van der Waals surface area contributed by atoms with Crippen LogP contribution in [-0.2, 0) is 0 Å². The molecular weight excluding hydrogens is 260 g/mol. The van der Waals surface area contributed by atoms with E-state index in [2.05, 4.69) is 23.9 Å². The molecule has 1 saturated heterocycles. The van der Waals surface area contributed by atoms with Crippen molar-refractivity contribution in [3.63, 3.8) is 0 Å². The van der Waals surface area contributed by atoms with Gasteiger partial charge < -0.3 is 14.9 Å². The number of nitrogens with zero attached hydrogens (tertiary/aromatic N) is 2. The fourth-order valence-electron chi connectivity index (χ4n) is 3.18. The van der Waals surface area contributed by atoms with Gasteiger partial charge in [0.15, 0.2) is 0 Å². The van der Waals surface area contributed by atoms with E-state index < -0.39 is 0 Å². The highest BCUT2D eigenvalue weighted by molar-refractivity contribution is 5.17. The van der Waals surface area contributed by atoms with Gasteiger partial charge >= 0.3 is 0 Å². The Balaban J connectivity index is 1.67. The van der Waals surface area contributed by atoms with Crippen LogP contribution in [0.4, 0.5) is 0 Å². The lowest BCUT2D eigenvalue weighted by molar-refractivity contribution is 0.0873. The first kappa shape index (κ1) is 16.5. The molecule has 0 aliphatic carbocycles. The minimum atomic E-state index is -0.350. The van der Waals surface area contributed by atoms with Crippen molar-refractivity contribution in [2.75, 3.05) is 40.3 Å². The van der Waals surface area contributed by atoms with Crippen molar-refractivity contribution >= 4 is 0 Å². The Kier molecular flexibility index (Phi) is 6.68. The molecule has 1 unspecified atom stereocenters. The molecular formula is C18H30N2O.